The molecule has 0 radical (unpaired) electrons. The Kier molecular flexibility index (Phi) is 5.13. The molecule has 1 aliphatic heterocycles. The van der Waals surface area contributed by atoms with E-state index < -0.39 is 0 Å². The van der Waals surface area contributed by atoms with Crippen molar-refractivity contribution in [3.05, 3.63) is 11.7 Å². The standard InChI is InChI=1S/C13H24N4O/c1-2-3-13-15-12(16-18-13)10-17-8-5-11(4-7-14)6-9-17/h11H,2-10,14H2,1H3. The number of rotatable bonds is 6. The van der Waals surface area contributed by atoms with E-state index in [2.05, 4.69) is 22.0 Å². The van der Waals surface area contributed by atoms with Crippen LogP contribution in [0.4, 0.5) is 0 Å². The Bertz CT molecular complexity index is 345. The summed E-state index contributed by atoms with van der Waals surface area (Å²) in [7, 11) is 0. The van der Waals surface area contributed by atoms with Gasteiger partial charge in [0.15, 0.2) is 5.82 Å². The second-order valence-electron chi connectivity index (χ2n) is 5.15. The molecule has 1 aromatic rings. The van der Waals surface area contributed by atoms with Gasteiger partial charge < -0.3 is 10.3 Å². The van der Waals surface area contributed by atoms with Crippen LogP contribution in [0, 0.1) is 5.92 Å². The van der Waals surface area contributed by atoms with Crippen LogP contribution in [-0.2, 0) is 13.0 Å². The summed E-state index contributed by atoms with van der Waals surface area (Å²) in [4.78, 5) is 6.82. The van der Waals surface area contributed by atoms with E-state index >= 15 is 0 Å². The predicted molar refractivity (Wildman–Crippen MR) is 70.0 cm³/mol. The molecule has 0 atom stereocenters. The fraction of sp³-hybridized carbons (Fsp3) is 0.846. The van der Waals surface area contributed by atoms with Crippen LogP contribution in [0.25, 0.3) is 0 Å². The number of aromatic nitrogens is 2. The van der Waals surface area contributed by atoms with Crippen LogP contribution in [0.5, 0.6) is 0 Å². The van der Waals surface area contributed by atoms with Gasteiger partial charge in [-0.2, -0.15) is 4.98 Å². The number of nitrogens with two attached hydrogens (primary N) is 1. The minimum absolute atomic E-state index is 0.769. The molecule has 0 aliphatic carbocycles. The average Bonchev–Trinajstić information content (AvgIpc) is 2.80. The second-order valence-corrected chi connectivity index (χ2v) is 5.15. The molecule has 5 nitrogen and oxygen atoms in total. The lowest BCUT2D eigenvalue weighted by Gasteiger charge is -2.30. The van der Waals surface area contributed by atoms with E-state index in [4.69, 9.17) is 10.3 Å². The Balaban J connectivity index is 1.76. The maximum absolute atomic E-state index is 5.60. The fourth-order valence-electron chi connectivity index (χ4n) is 2.54. The number of aryl methyl sites for hydroxylation is 1. The Hall–Kier alpha value is -0.940. The number of piperidine rings is 1. The highest BCUT2D eigenvalue weighted by molar-refractivity contribution is 4.87. The number of likely N-dealkylation sites (tertiary alicyclic amines) is 1. The van der Waals surface area contributed by atoms with Crippen LogP contribution in [0.15, 0.2) is 4.52 Å². The van der Waals surface area contributed by atoms with Crippen molar-refractivity contribution in [3.63, 3.8) is 0 Å². The summed E-state index contributed by atoms with van der Waals surface area (Å²) in [5.41, 5.74) is 5.60. The Morgan fingerprint density at radius 2 is 2.17 bits per heavy atom. The zero-order valence-electron chi connectivity index (χ0n) is 11.3. The third-order valence-corrected chi connectivity index (χ3v) is 3.62. The van der Waals surface area contributed by atoms with E-state index in [9.17, 15) is 0 Å². The molecule has 0 bridgehead atoms. The average molecular weight is 252 g/mol. The van der Waals surface area contributed by atoms with Crippen molar-refractivity contribution >= 4 is 0 Å². The van der Waals surface area contributed by atoms with Crippen molar-refractivity contribution in [3.8, 4) is 0 Å². The normalized spacial score (nSPS) is 18.3. The smallest absolute Gasteiger partial charge is 0.226 e. The van der Waals surface area contributed by atoms with Gasteiger partial charge in [0.05, 0.1) is 6.54 Å². The van der Waals surface area contributed by atoms with Gasteiger partial charge in [0.1, 0.15) is 0 Å². The molecule has 5 heteroatoms. The van der Waals surface area contributed by atoms with Crippen LogP contribution in [-0.4, -0.2) is 34.7 Å². The lowest BCUT2D eigenvalue weighted by Crippen LogP contribution is -2.34. The summed E-state index contributed by atoms with van der Waals surface area (Å²) in [6.07, 6.45) is 5.59. The van der Waals surface area contributed by atoms with Crippen LogP contribution >= 0.6 is 0 Å². The molecule has 1 aromatic heterocycles. The SMILES string of the molecule is CCCc1nc(CN2CCC(CCN)CC2)no1. The summed E-state index contributed by atoms with van der Waals surface area (Å²) in [5.74, 6) is 2.41. The summed E-state index contributed by atoms with van der Waals surface area (Å²) >= 11 is 0. The molecule has 2 rings (SSSR count). The molecule has 1 fully saturated rings. The third kappa shape index (κ3) is 3.78. The summed E-state index contributed by atoms with van der Waals surface area (Å²) < 4.78 is 5.20. The van der Waals surface area contributed by atoms with Gasteiger partial charge in [-0.3, -0.25) is 4.90 Å². The van der Waals surface area contributed by atoms with Crippen molar-refractivity contribution in [2.24, 2.45) is 11.7 Å². The van der Waals surface area contributed by atoms with Crippen molar-refractivity contribution in [2.45, 2.75) is 45.6 Å². The first-order chi connectivity index (χ1) is 8.81. The highest BCUT2D eigenvalue weighted by Crippen LogP contribution is 2.20. The lowest BCUT2D eigenvalue weighted by atomic mass is 9.94. The van der Waals surface area contributed by atoms with Gasteiger partial charge in [-0.25, -0.2) is 0 Å². The maximum atomic E-state index is 5.60. The van der Waals surface area contributed by atoms with Crippen molar-refractivity contribution in [1.82, 2.24) is 15.0 Å². The van der Waals surface area contributed by atoms with E-state index in [0.29, 0.717) is 0 Å². The molecule has 0 aromatic carbocycles. The molecule has 0 spiro atoms. The molecule has 1 saturated heterocycles. The van der Waals surface area contributed by atoms with Gasteiger partial charge in [-0.05, 0) is 51.2 Å². The van der Waals surface area contributed by atoms with E-state index in [-0.39, 0.29) is 0 Å². The van der Waals surface area contributed by atoms with Crippen molar-refractivity contribution < 1.29 is 4.52 Å². The molecule has 2 heterocycles. The van der Waals surface area contributed by atoms with E-state index in [1.54, 1.807) is 0 Å². The molecule has 18 heavy (non-hydrogen) atoms. The third-order valence-electron chi connectivity index (χ3n) is 3.62. The van der Waals surface area contributed by atoms with Gasteiger partial charge >= 0.3 is 0 Å². The first-order valence-corrected chi connectivity index (χ1v) is 7.05. The Morgan fingerprint density at radius 3 is 2.83 bits per heavy atom. The molecule has 2 N–H and O–H groups in total. The van der Waals surface area contributed by atoms with Crippen molar-refractivity contribution in [2.75, 3.05) is 19.6 Å². The second kappa shape index (κ2) is 6.85. The molecule has 0 amide bonds. The van der Waals surface area contributed by atoms with Crippen LogP contribution in [0.3, 0.4) is 0 Å². The lowest BCUT2D eigenvalue weighted by molar-refractivity contribution is 0.168. The molecular weight excluding hydrogens is 228 g/mol. The minimum Gasteiger partial charge on any atom is -0.339 e. The van der Waals surface area contributed by atoms with E-state index in [0.717, 1.165) is 63.1 Å². The van der Waals surface area contributed by atoms with Crippen molar-refractivity contribution in [1.29, 1.82) is 0 Å². The van der Waals surface area contributed by atoms with Gasteiger partial charge in [-0.1, -0.05) is 12.1 Å². The monoisotopic (exact) mass is 252 g/mol. The highest BCUT2D eigenvalue weighted by Gasteiger charge is 2.20. The zero-order valence-corrected chi connectivity index (χ0v) is 11.3. The Morgan fingerprint density at radius 1 is 1.39 bits per heavy atom. The van der Waals surface area contributed by atoms with E-state index in [1.807, 2.05) is 0 Å². The first-order valence-electron chi connectivity index (χ1n) is 7.05. The summed E-state index contributed by atoms with van der Waals surface area (Å²) in [6, 6.07) is 0. The topological polar surface area (TPSA) is 68.2 Å². The zero-order chi connectivity index (χ0) is 12.8. The van der Waals surface area contributed by atoms with E-state index in [1.165, 1.54) is 12.8 Å². The summed E-state index contributed by atoms with van der Waals surface area (Å²) in [5, 5.41) is 4.04. The van der Waals surface area contributed by atoms with Crippen LogP contribution < -0.4 is 5.73 Å². The van der Waals surface area contributed by atoms with Crippen LogP contribution in [0.1, 0.15) is 44.3 Å². The summed E-state index contributed by atoms with van der Waals surface area (Å²) in [6.45, 7) is 6.01. The Labute approximate surface area is 109 Å². The molecular formula is C13H24N4O. The fourth-order valence-corrected chi connectivity index (χ4v) is 2.54. The molecule has 0 unspecified atom stereocenters. The maximum Gasteiger partial charge on any atom is 0.226 e. The number of hydrogen-bond donors (Lipinski definition) is 1. The first kappa shape index (κ1) is 13.5. The molecule has 0 saturated carbocycles. The van der Waals surface area contributed by atoms with Gasteiger partial charge in [0.2, 0.25) is 5.89 Å². The molecule has 1 aliphatic rings. The molecule has 102 valence electrons. The van der Waals surface area contributed by atoms with Crippen LogP contribution in [0.2, 0.25) is 0 Å². The minimum atomic E-state index is 0.769. The van der Waals surface area contributed by atoms with Gasteiger partial charge in [0, 0.05) is 6.42 Å². The predicted octanol–water partition coefficient (Wildman–Crippen LogP) is 1.58. The number of hydrogen-bond acceptors (Lipinski definition) is 5. The van der Waals surface area contributed by atoms with Gasteiger partial charge in [-0.15, -0.1) is 0 Å². The van der Waals surface area contributed by atoms with Gasteiger partial charge in [0.25, 0.3) is 0 Å². The number of nitrogens with zero attached hydrogens (tertiary/aromatic N) is 3. The quantitative estimate of drug-likeness (QED) is 0.832. The largest absolute Gasteiger partial charge is 0.339 e. The highest BCUT2D eigenvalue weighted by atomic mass is 16.5.